The van der Waals surface area contributed by atoms with Crippen LogP contribution in [0.3, 0.4) is 0 Å². The molecular formula is C8H18N2O. The smallest absolute Gasteiger partial charge is 0.139 e. The van der Waals surface area contributed by atoms with E-state index in [0.29, 0.717) is 11.3 Å². The quantitative estimate of drug-likeness (QED) is 0.386. The number of nitrogens with zero attached hydrogens (tertiary/aromatic N) is 1. The van der Waals surface area contributed by atoms with Crippen LogP contribution in [-0.4, -0.2) is 12.9 Å². The van der Waals surface area contributed by atoms with Crippen molar-refractivity contribution in [1.29, 1.82) is 0 Å². The molecule has 0 aromatic carbocycles. The first-order valence-corrected chi connectivity index (χ1v) is 3.81. The largest absolute Gasteiger partial charge is 0.398 e. The van der Waals surface area contributed by atoms with E-state index in [2.05, 4.69) is 30.8 Å². The molecule has 0 radical (unpaired) electrons. The fourth-order valence-electron chi connectivity index (χ4n) is 0.666. The van der Waals surface area contributed by atoms with Gasteiger partial charge >= 0.3 is 0 Å². The Kier molecular flexibility index (Phi) is 3.93. The number of nitrogens with two attached hydrogens (primary N) is 1. The molecule has 66 valence electrons. The number of amidine groups is 1. The maximum Gasteiger partial charge on any atom is 0.139 e. The van der Waals surface area contributed by atoms with Gasteiger partial charge in [-0.3, -0.25) is 0 Å². The Balaban J connectivity index is 3.62. The SMILES string of the molecule is CO/N=C(/N)CCC(C)(C)C. The highest BCUT2D eigenvalue weighted by Gasteiger charge is 2.10. The molecule has 0 rings (SSSR count). The zero-order chi connectivity index (χ0) is 8.91. The molecule has 0 aliphatic rings. The molecule has 11 heavy (non-hydrogen) atoms. The summed E-state index contributed by atoms with van der Waals surface area (Å²) in [5, 5.41) is 3.62. The molecule has 0 heterocycles. The molecule has 0 atom stereocenters. The van der Waals surface area contributed by atoms with Crippen molar-refractivity contribution in [2.45, 2.75) is 33.6 Å². The summed E-state index contributed by atoms with van der Waals surface area (Å²) < 4.78 is 0. The average Bonchev–Trinajstić information content (AvgIpc) is 1.83. The van der Waals surface area contributed by atoms with Gasteiger partial charge in [0.15, 0.2) is 0 Å². The maximum absolute atomic E-state index is 5.52. The van der Waals surface area contributed by atoms with Crippen molar-refractivity contribution in [3.05, 3.63) is 0 Å². The second-order valence-corrected chi connectivity index (χ2v) is 3.83. The Morgan fingerprint density at radius 3 is 2.36 bits per heavy atom. The highest BCUT2D eigenvalue weighted by molar-refractivity contribution is 5.79. The van der Waals surface area contributed by atoms with Gasteiger partial charge in [-0.15, -0.1) is 0 Å². The lowest BCUT2D eigenvalue weighted by Gasteiger charge is -2.16. The first-order chi connectivity index (χ1) is 4.95. The van der Waals surface area contributed by atoms with Crippen LogP contribution < -0.4 is 5.73 Å². The normalized spacial score (nSPS) is 13.3. The number of rotatable bonds is 3. The van der Waals surface area contributed by atoms with E-state index < -0.39 is 0 Å². The van der Waals surface area contributed by atoms with Crippen LogP contribution in [0.25, 0.3) is 0 Å². The lowest BCUT2D eigenvalue weighted by atomic mass is 9.90. The zero-order valence-corrected chi connectivity index (χ0v) is 7.85. The molecule has 0 aromatic heterocycles. The molecule has 0 spiro atoms. The topological polar surface area (TPSA) is 47.6 Å². The molecule has 0 aromatic rings. The van der Waals surface area contributed by atoms with E-state index in [1.54, 1.807) is 0 Å². The van der Waals surface area contributed by atoms with E-state index in [1.165, 1.54) is 7.11 Å². The first kappa shape index (κ1) is 10.3. The van der Waals surface area contributed by atoms with E-state index in [9.17, 15) is 0 Å². The number of oxime groups is 1. The fraction of sp³-hybridized carbons (Fsp3) is 0.875. The third-order valence-corrected chi connectivity index (χ3v) is 1.34. The predicted molar refractivity (Wildman–Crippen MR) is 47.3 cm³/mol. The maximum atomic E-state index is 5.52. The Labute approximate surface area is 68.6 Å². The van der Waals surface area contributed by atoms with Gasteiger partial charge < -0.3 is 10.6 Å². The summed E-state index contributed by atoms with van der Waals surface area (Å²) in [6.07, 6.45) is 1.84. The van der Waals surface area contributed by atoms with Gasteiger partial charge in [-0.1, -0.05) is 25.9 Å². The van der Waals surface area contributed by atoms with E-state index in [4.69, 9.17) is 5.73 Å². The zero-order valence-electron chi connectivity index (χ0n) is 7.85. The summed E-state index contributed by atoms with van der Waals surface area (Å²) in [6.45, 7) is 6.52. The third kappa shape index (κ3) is 7.16. The van der Waals surface area contributed by atoms with Gasteiger partial charge in [0.1, 0.15) is 12.9 Å². The second-order valence-electron chi connectivity index (χ2n) is 3.83. The molecule has 2 N–H and O–H groups in total. The molecule has 0 aliphatic carbocycles. The molecule has 3 nitrogen and oxygen atoms in total. The molecule has 0 bridgehead atoms. The van der Waals surface area contributed by atoms with Gasteiger partial charge in [-0.05, 0) is 11.8 Å². The minimum atomic E-state index is 0.313. The highest BCUT2D eigenvalue weighted by Crippen LogP contribution is 2.19. The minimum Gasteiger partial charge on any atom is -0.398 e. The summed E-state index contributed by atoms with van der Waals surface area (Å²) in [7, 11) is 1.50. The Morgan fingerprint density at radius 1 is 1.45 bits per heavy atom. The van der Waals surface area contributed by atoms with Crippen LogP contribution in [0, 0.1) is 5.41 Å². The Bertz CT molecular complexity index is 136. The predicted octanol–water partition coefficient (Wildman–Crippen LogP) is 1.73. The van der Waals surface area contributed by atoms with E-state index in [1.807, 2.05) is 0 Å². The summed E-state index contributed by atoms with van der Waals surface area (Å²) in [6, 6.07) is 0. The summed E-state index contributed by atoms with van der Waals surface area (Å²) in [5.74, 6) is 0.572. The van der Waals surface area contributed by atoms with Crippen molar-refractivity contribution in [2.75, 3.05) is 7.11 Å². The Hall–Kier alpha value is -0.730. The Morgan fingerprint density at radius 2 is 2.00 bits per heavy atom. The van der Waals surface area contributed by atoms with Gasteiger partial charge in [0.25, 0.3) is 0 Å². The van der Waals surface area contributed by atoms with Crippen molar-refractivity contribution < 1.29 is 4.84 Å². The summed E-state index contributed by atoms with van der Waals surface area (Å²) in [4.78, 5) is 4.53. The van der Waals surface area contributed by atoms with Crippen LogP contribution in [0.2, 0.25) is 0 Å². The van der Waals surface area contributed by atoms with Crippen molar-refractivity contribution in [2.24, 2.45) is 16.3 Å². The third-order valence-electron chi connectivity index (χ3n) is 1.34. The molecular weight excluding hydrogens is 140 g/mol. The van der Waals surface area contributed by atoms with Crippen LogP contribution in [0.5, 0.6) is 0 Å². The van der Waals surface area contributed by atoms with Gasteiger partial charge in [-0.2, -0.15) is 0 Å². The van der Waals surface area contributed by atoms with Crippen LogP contribution in [0.15, 0.2) is 5.16 Å². The molecule has 0 aliphatic heterocycles. The molecule has 3 heteroatoms. The minimum absolute atomic E-state index is 0.313. The average molecular weight is 158 g/mol. The van der Waals surface area contributed by atoms with Gasteiger partial charge in [-0.25, -0.2) is 0 Å². The molecule has 0 saturated heterocycles. The second kappa shape index (κ2) is 4.21. The van der Waals surface area contributed by atoms with Crippen LogP contribution in [-0.2, 0) is 4.84 Å². The van der Waals surface area contributed by atoms with Crippen LogP contribution in [0.1, 0.15) is 33.6 Å². The number of hydrogen-bond donors (Lipinski definition) is 1. The van der Waals surface area contributed by atoms with Crippen molar-refractivity contribution in [3.8, 4) is 0 Å². The molecule has 0 unspecified atom stereocenters. The number of hydrogen-bond acceptors (Lipinski definition) is 2. The van der Waals surface area contributed by atoms with Gasteiger partial charge in [0, 0.05) is 6.42 Å². The van der Waals surface area contributed by atoms with Crippen molar-refractivity contribution in [3.63, 3.8) is 0 Å². The standard InChI is InChI=1S/C8H18N2O/c1-8(2,3)6-5-7(9)10-11-4/h5-6H2,1-4H3,(H2,9,10). The monoisotopic (exact) mass is 158 g/mol. The van der Waals surface area contributed by atoms with Gasteiger partial charge in [0.05, 0.1) is 0 Å². The molecule has 0 amide bonds. The summed E-state index contributed by atoms with van der Waals surface area (Å²) >= 11 is 0. The first-order valence-electron chi connectivity index (χ1n) is 3.81. The van der Waals surface area contributed by atoms with Crippen molar-refractivity contribution >= 4 is 5.84 Å². The molecule has 0 fully saturated rings. The lowest BCUT2D eigenvalue weighted by Crippen LogP contribution is -2.16. The van der Waals surface area contributed by atoms with Crippen LogP contribution >= 0.6 is 0 Å². The van der Waals surface area contributed by atoms with Gasteiger partial charge in [0.2, 0.25) is 0 Å². The van der Waals surface area contributed by atoms with Crippen LogP contribution in [0.4, 0.5) is 0 Å². The lowest BCUT2D eigenvalue weighted by molar-refractivity contribution is 0.211. The molecule has 0 saturated carbocycles. The van der Waals surface area contributed by atoms with Crippen molar-refractivity contribution in [1.82, 2.24) is 0 Å². The van der Waals surface area contributed by atoms with E-state index in [0.717, 1.165) is 12.8 Å². The highest BCUT2D eigenvalue weighted by atomic mass is 16.6. The summed E-state index contributed by atoms with van der Waals surface area (Å²) in [5.41, 5.74) is 5.83. The fourth-order valence-corrected chi connectivity index (χ4v) is 0.666. The van der Waals surface area contributed by atoms with E-state index >= 15 is 0 Å². The van der Waals surface area contributed by atoms with E-state index in [-0.39, 0.29) is 0 Å².